The highest BCUT2D eigenvalue weighted by molar-refractivity contribution is 9.10. The van der Waals surface area contributed by atoms with Crippen LogP contribution in [-0.4, -0.2) is 6.61 Å². The van der Waals surface area contributed by atoms with Crippen molar-refractivity contribution in [3.8, 4) is 11.8 Å². The molecule has 21 heavy (non-hydrogen) atoms. The van der Waals surface area contributed by atoms with Gasteiger partial charge in [0.25, 0.3) is 0 Å². The lowest BCUT2D eigenvalue weighted by molar-refractivity contribution is 0.313. The number of anilines is 1. The average Bonchev–Trinajstić information content (AvgIpc) is 2.81. The standard InChI is InChI=1S/C16H17BrN2OS/c1-12-16(17)10-15(21-12)11-19-13-5-4-6-14(9-13)20-8-3-2-7-18/h4-6,9-10,19H,2-3,8,11H2,1H3. The van der Waals surface area contributed by atoms with Crippen molar-refractivity contribution < 1.29 is 4.74 Å². The minimum Gasteiger partial charge on any atom is -0.493 e. The average molecular weight is 365 g/mol. The van der Waals surface area contributed by atoms with Gasteiger partial charge in [0.05, 0.1) is 12.7 Å². The van der Waals surface area contributed by atoms with E-state index in [4.69, 9.17) is 10.00 Å². The van der Waals surface area contributed by atoms with Crippen LogP contribution in [0.25, 0.3) is 0 Å². The van der Waals surface area contributed by atoms with Crippen LogP contribution in [-0.2, 0) is 6.54 Å². The van der Waals surface area contributed by atoms with E-state index in [-0.39, 0.29) is 0 Å². The molecule has 5 heteroatoms. The van der Waals surface area contributed by atoms with Crippen molar-refractivity contribution in [2.75, 3.05) is 11.9 Å². The lowest BCUT2D eigenvalue weighted by atomic mass is 10.3. The molecule has 0 aliphatic carbocycles. The molecule has 1 aromatic heterocycles. The number of aryl methyl sites for hydroxylation is 1. The van der Waals surface area contributed by atoms with Crippen LogP contribution in [0.5, 0.6) is 5.75 Å². The van der Waals surface area contributed by atoms with Gasteiger partial charge >= 0.3 is 0 Å². The lowest BCUT2D eigenvalue weighted by Crippen LogP contribution is -1.99. The predicted octanol–water partition coefficient (Wildman–Crippen LogP) is 5.11. The van der Waals surface area contributed by atoms with Crippen LogP contribution in [0.1, 0.15) is 22.6 Å². The quantitative estimate of drug-likeness (QED) is 0.693. The van der Waals surface area contributed by atoms with Crippen LogP contribution >= 0.6 is 27.3 Å². The van der Waals surface area contributed by atoms with Gasteiger partial charge in [-0.1, -0.05) is 6.07 Å². The van der Waals surface area contributed by atoms with Crippen molar-refractivity contribution >= 4 is 33.0 Å². The summed E-state index contributed by atoms with van der Waals surface area (Å²) in [6, 6.07) is 12.2. The third-order valence-corrected chi connectivity index (χ3v) is 5.05. The number of nitrogens with one attached hydrogen (secondary N) is 1. The maximum atomic E-state index is 8.49. The van der Waals surface area contributed by atoms with Gasteiger partial charge in [0.1, 0.15) is 5.75 Å². The minimum absolute atomic E-state index is 0.532. The first kappa shape index (κ1) is 15.9. The first-order chi connectivity index (χ1) is 10.2. The fraction of sp³-hybridized carbons (Fsp3) is 0.312. The zero-order chi connectivity index (χ0) is 15.1. The number of nitriles is 1. The number of unbranched alkanes of at least 4 members (excludes halogenated alkanes) is 1. The van der Waals surface area contributed by atoms with Crippen LogP contribution in [0, 0.1) is 18.3 Å². The number of benzene rings is 1. The molecule has 2 rings (SSSR count). The van der Waals surface area contributed by atoms with Crippen molar-refractivity contribution in [1.29, 1.82) is 5.26 Å². The molecular formula is C16H17BrN2OS. The van der Waals surface area contributed by atoms with E-state index in [1.807, 2.05) is 24.3 Å². The smallest absolute Gasteiger partial charge is 0.121 e. The maximum absolute atomic E-state index is 8.49. The molecule has 0 aliphatic rings. The van der Waals surface area contributed by atoms with Crippen molar-refractivity contribution in [3.63, 3.8) is 0 Å². The van der Waals surface area contributed by atoms with Gasteiger partial charge < -0.3 is 10.1 Å². The fourth-order valence-corrected chi connectivity index (χ4v) is 3.37. The SMILES string of the molecule is Cc1sc(CNc2cccc(OCCCC#N)c2)cc1Br. The van der Waals surface area contributed by atoms with Gasteiger partial charge in [0, 0.05) is 38.9 Å². The van der Waals surface area contributed by atoms with Gasteiger partial charge in [-0.15, -0.1) is 11.3 Å². The van der Waals surface area contributed by atoms with Gasteiger partial charge in [-0.3, -0.25) is 0 Å². The topological polar surface area (TPSA) is 45.0 Å². The zero-order valence-electron chi connectivity index (χ0n) is 11.9. The Morgan fingerprint density at radius 3 is 2.95 bits per heavy atom. The van der Waals surface area contributed by atoms with Gasteiger partial charge in [0.2, 0.25) is 0 Å². The molecule has 1 aromatic carbocycles. The van der Waals surface area contributed by atoms with Gasteiger partial charge in [-0.2, -0.15) is 5.26 Å². The van der Waals surface area contributed by atoms with Crippen LogP contribution in [0.15, 0.2) is 34.8 Å². The summed E-state index contributed by atoms with van der Waals surface area (Å²) in [5.74, 6) is 0.835. The summed E-state index contributed by atoms with van der Waals surface area (Å²) in [5, 5.41) is 11.9. The number of hydrogen-bond acceptors (Lipinski definition) is 4. The van der Waals surface area contributed by atoms with E-state index in [1.54, 1.807) is 11.3 Å². The molecule has 2 aromatic rings. The molecule has 0 radical (unpaired) electrons. The molecule has 0 bridgehead atoms. The van der Waals surface area contributed by atoms with Crippen molar-refractivity contribution in [1.82, 2.24) is 0 Å². The molecule has 0 amide bonds. The second-order valence-electron chi connectivity index (χ2n) is 4.61. The van der Waals surface area contributed by atoms with Gasteiger partial charge in [-0.25, -0.2) is 0 Å². The van der Waals surface area contributed by atoms with Crippen molar-refractivity contribution in [2.45, 2.75) is 26.3 Å². The number of halogens is 1. The molecule has 0 spiro atoms. The Balaban J connectivity index is 1.87. The highest BCUT2D eigenvalue weighted by Crippen LogP contribution is 2.27. The Bertz CT molecular complexity index is 614. The summed E-state index contributed by atoms with van der Waals surface area (Å²) < 4.78 is 6.79. The minimum atomic E-state index is 0.532. The molecule has 1 heterocycles. The molecule has 0 fully saturated rings. The molecule has 3 nitrogen and oxygen atoms in total. The van der Waals surface area contributed by atoms with Crippen LogP contribution in [0.2, 0.25) is 0 Å². The van der Waals surface area contributed by atoms with Crippen molar-refractivity contribution in [3.05, 3.63) is 44.6 Å². The van der Waals surface area contributed by atoms with E-state index in [1.165, 1.54) is 14.2 Å². The molecule has 0 unspecified atom stereocenters. The summed E-state index contributed by atoms with van der Waals surface area (Å²) in [6.07, 6.45) is 1.29. The predicted molar refractivity (Wildman–Crippen MR) is 90.9 cm³/mol. The number of ether oxygens (including phenoxy) is 1. The van der Waals surface area contributed by atoms with E-state index in [9.17, 15) is 0 Å². The highest BCUT2D eigenvalue weighted by Gasteiger charge is 2.03. The first-order valence-electron chi connectivity index (χ1n) is 6.77. The normalized spacial score (nSPS) is 10.1. The molecule has 1 N–H and O–H groups in total. The maximum Gasteiger partial charge on any atom is 0.121 e. The summed E-state index contributed by atoms with van der Waals surface area (Å²) in [5.41, 5.74) is 1.04. The number of hydrogen-bond donors (Lipinski definition) is 1. The third-order valence-electron chi connectivity index (χ3n) is 2.91. The Morgan fingerprint density at radius 1 is 1.38 bits per heavy atom. The summed E-state index contributed by atoms with van der Waals surface area (Å²) >= 11 is 5.32. The molecule has 0 saturated carbocycles. The van der Waals surface area contributed by atoms with E-state index in [0.717, 1.165) is 24.4 Å². The third kappa shape index (κ3) is 5.07. The van der Waals surface area contributed by atoms with Crippen LogP contribution in [0.3, 0.4) is 0 Å². The van der Waals surface area contributed by atoms with E-state index in [0.29, 0.717) is 13.0 Å². The Kier molecular flexibility index (Phi) is 6.09. The van der Waals surface area contributed by atoms with E-state index >= 15 is 0 Å². The molecule has 0 aliphatic heterocycles. The molecular weight excluding hydrogens is 348 g/mol. The number of thiophene rings is 1. The largest absolute Gasteiger partial charge is 0.493 e. The van der Waals surface area contributed by atoms with Gasteiger partial charge in [0.15, 0.2) is 0 Å². The first-order valence-corrected chi connectivity index (χ1v) is 8.38. The second kappa shape index (κ2) is 8.06. The lowest BCUT2D eigenvalue weighted by Gasteiger charge is -2.08. The monoisotopic (exact) mass is 364 g/mol. The fourth-order valence-electron chi connectivity index (χ4n) is 1.83. The summed E-state index contributed by atoms with van der Waals surface area (Å²) in [4.78, 5) is 2.58. The van der Waals surface area contributed by atoms with Crippen molar-refractivity contribution in [2.24, 2.45) is 0 Å². The van der Waals surface area contributed by atoms with Crippen LogP contribution in [0.4, 0.5) is 5.69 Å². The summed E-state index contributed by atoms with van der Waals surface area (Å²) in [6.45, 7) is 3.48. The Morgan fingerprint density at radius 2 is 2.24 bits per heavy atom. The Labute approximate surface area is 137 Å². The Hall–Kier alpha value is -1.51. The molecule has 0 saturated heterocycles. The second-order valence-corrected chi connectivity index (χ2v) is 6.80. The number of nitrogens with zero attached hydrogens (tertiary/aromatic N) is 1. The van der Waals surface area contributed by atoms with Crippen LogP contribution < -0.4 is 10.1 Å². The summed E-state index contributed by atoms with van der Waals surface area (Å²) in [7, 11) is 0. The highest BCUT2D eigenvalue weighted by atomic mass is 79.9. The van der Waals surface area contributed by atoms with E-state index in [2.05, 4.69) is 40.3 Å². The number of rotatable bonds is 7. The zero-order valence-corrected chi connectivity index (χ0v) is 14.3. The van der Waals surface area contributed by atoms with E-state index < -0.39 is 0 Å². The molecule has 110 valence electrons. The van der Waals surface area contributed by atoms with Gasteiger partial charge in [-0.05, 0) is 47.5 Å². The molecule has 0 atom stereocenters.